The van der Waals surface area contributed by atoms with Gasteiger partial charge in [-0.3, -0.25) is 9.78 Å². The van der Waals surface area contributed by atoms with Gasteiger partial charge in [-0.05, 0) is 30.4 Å². The minimum absolute atomic E-state index is 0.0125. The van der Waals surface area contributed by atoms with Crippen molar-refractivity contribution in [2.24, 2.45) is 0 Å². The van der Waals surface area contributed by atoms with E-state index < -0.39 is 0 Å². The van der Waals surface area contributed by atoms with Gasteiger partial charge in [0.15, 0.2) is 0 Å². The molecule has 0 bridgehead atoms. The highest BCUT2D eigenvalue weighted by atomic mass is 32.1. The van der Waals surface area contributed by atoms with Gasteiger partial charge in [0.25, 0.3) is 5.91 Å². The lowest BCUT2D eigenvalue weighted by Crippen LogP contribution is -2.32. The second-order valence-electron chi connectivity index (χ2n) is 4.71. The van der Waals surface area contributed by atoms with Crippen LogP contribution in [0.25, 0.3) is 0 Å². The van der Waals surface area contributed by atoms with Crippen LogP contribution < -0.4 is 5.73 Å². The summed E-state index contributed by atoms with van der Waals surface area (Å²) in [5, 5.41) is 2.03. The maximum Gasteiger partial charge on any atom is 0.258 e. The summed E-state index contributed by atoms with van der Waals surface area (Å²) in [5.41, 5.74) is 6.87. The number of amides is 1. The standard InChI is InChI=1S/C14H15N3OS/c15-13-5-6-16-8-12(13)14(18)17(10-3-4-10)9-11-2-1-7-19-11/h1-2,5-8,10H,3-4,9H2,(H2,15,16). The monoisotopic (exact) mass is 273 g/mol. The second-order valence-corrected chi connectivity index (χ2v) is 5.74. The minimum atomic E-state index is -0.0125. The van der Waals surface area contributed by atoms with E-state index in [2.05, 4.69) is 11.1 Å². The highest BCUT2D eigenvalue weighted by molar-refractivity contribution is 7.09. The Bertz CT molecular complexity index is 578. The first kappa shape index (κ1) is 12.2. The van der Waals surface area contributed by atoms with E-state index in [0.29, 0.717) is 23.8 Å². The fourth-order valence-corrected chi connectivity index (χ4v) is 2.76. The summed E-state index contributed by atoms with van der Waals surface area (Å²) in [4.78, 5) is 19.7. The van der Waals surface area contributed by atoms with Gasteiger partial charge in [0.05, 0.1) is 12.1 Å². The van der Waals surface area contributed by atoms with Gasteiger partial charge in [-0.15, -0.1) is 11.3 Å². The van der Waals surface area contributed by atoms with Crippen LogP contribution in [0, 0.1) is 0 Å². The summed E-state index contributed by atoms with van der Waals surface area (Å²) in [6.45, 7) is 0.662. The second kappa shape index (κ2) is 5.01. The van der Waals surface area contributed by atoms with Gasteiger partial charge in [-0.2, -0.15) is 0 Å². The van der Waals surface area contributed by atoms with Crippen LogP contribution >= 0.6 is 11.3 Å². The van der Waals surface area contributed by atoms with Crippen LogP contribution in [0.15, 0.2) is 36.0 Å². The molecule has 4 nitrogen and oxygen atoms in total. The molecular formula is C14H15N3OS. The lowest BCUT2D eigenvalue weighted by Gasteiger charge is -2.22. The molecule has 0 radical (unpaired) electrons. The number of nitrogen functional groups attached to an aromatic ring is 1. The summed E-state index contributed by atoms with van der Waals surface area (Å²) >= 11 is 1.67. The third-order valence-corrected chi connectivity index (χ3v) is 4.10. The largest absolute Gasteiger partial charge is 0.398 e. The quantitative estimate of drug-likeness (QED) is 0.931. The summed E-state index contributed by atoms with van der Waals surface area (Å²) in [7, 11) is 0. The van der Waals surface area contributed by atoms with Gasteiger partial charge in [0, 0.05) is 29.0 Å². The molecule has 0 aromatic carbocycles. The van der Waals surface area contributed by atoms with E-state index in [9.17, 15) is 4.79 Å². The number of nitrogens with two attached hydrogens (primary N) is 1. The van der Waals surface area contributed by atoms with Crippen LogP contribution in [0.2, 0.25) is 0 Å². The Hall–Kier alpha value is -1.88. The Labute approximate surface area is 115 Å². The number of aromatic nitrogens is 1. The maximum absolute atomic E-state index is 12.6. The van der Waals surface area contributed by atoms with E-state index >= 15 is 0 Å². The molecule has 3 rings (SSSR count). The van der Waals surface area contributed by atoms with E-state index in [1.165, 1.54) is 4.88 Å². The molecule has 2 heterocycles. The van der Waals surface area contributed by atoms with Gasteiger partial charge < -0.3 is 10.6 Å². The van der Waals surface area contributed by atoms with Crippen LogP contribution in [0.5, 0.6) is 0 Å². The van der Waals surface area contributed by atoms with E-state index in [1.54, 1.807) is 29.8 Å². The predicted octanol–water partition coefficient (Wildman–Crippen LogP) is 2.53. The summed E-state index contributed by atoms with van der Waals surface area (Å²) < 4.78 is 0. The van der Waals surface area contributed by atoms with Crippen LogP contribution in [0.1, 0.15) is 28.1 Å². The van der Waals surface area contributed by atoms with Gasteiger partial charge >= 0.3 is 0 Å². The zero-order chi connectivity index (χ0) is 13.2. The van der Waals surface area contributed by atoms with Gasteiger partial charge in [0.2, 0.25) is 0 Å². The highest BCUT2D eigenvalue weighted by Crippen LogP contribution is 2.31. The average molecular weight is 273 g/mol. The molecule has 1 fully saturated rings. The zero-order valence-electron chi connectivity index (χ0n) is 10.5. The first-order valence-corrected chi connectivity index (χ1v) is 7.16. The zero-order valence-corrected chi connectivity index (χ0v) is 11.3. The number of anilines is 1. The summed E-state index contributed by atoms with van der Waals surface area (Å²) in [6, 6.07) is 6.09. The number of nitrogens with zero attached hydrogens (tertiary/aromatic N) is 2. The van der Waals surface area contributed by atoms with Gasteiger partial charge in [0.1, 0.15) is 0 Å². The first-order chi connectivity index (χ1) is 9.25. The topological polar surface area (TPSA) is 59.2 Å². The Morgan fingerprint density at radius 3 is 2.95 bits per heavy atom. The minimum Gasteiger partial charge on any atom is -0.398 e. The molecule has 0 unspecified atom stereocenters. The van der Waals surface area contributed by atoms with Crippen LogP contribution in [0.4, 0.5) is 5.69 Å². The third kappa shape index (κ3) is 2.61. The van der Waals surface area contributed by atoms with Crippen molar-refractivity contribution < 1.29 is 4.79 Å². The van der Waals surface area contributed by atoms with E-state index in [-0.39, 0.29) is 5.91 Å². The van der Waals surface area contributed by atoms with Crippen LogP contribution in [-0.4, -0.2) is 21.8 Å². The first-order valence-electron chi connectivity index (χ1n) is 6.28. The normalized spacial score (nSPS) is 14.3. The van der Waals surface area contributed by atoms with Gasteiger partial charge in [-0.25, -0.2) is 0 Å². The number of hydrogen-bond acceptors (Lipinski definition) is 4. The van der Waals surface area contributed by atoms with Crippen molar-refractivity contribution in [3.63, 3.8) is 0 Å². The number of pyridine rings is 1. The van der Waals surface area contributed by atoms with E-state index in [1.807, 2.05) is 16.3 Å². The molecule has 1 aliphatic rings. The average Bonchev–Trinajstić information content (AvgIpc) is 3.13. The highest BCUT2D eigenvalue weighted by Gasteiger charge is 2.33. The van der Waals surface area contributed by atoms with Crippen molar-refractivity contribution in [2.75, 3.05) is 5.73 Å². The van der Waals surface area contributed by atoms with Crippen molar-refractivity contribution in [3.8, 4) is 0 Å². The van der Waals surface area contributed by atoms with Crippen molar-refractivity contribution in [1.82, 2.24) is 9.88 Å². The number of rotatable bonds is 4. The molecular weight excluding hydrogens is 258 g/mol. The molecule has 5 heteroatoms. The molecule has 1 aliphatic carbocycles. The molecule has 2 aromatic heterocycles. The molecule has 1 saturated carbocycles. The molecule has 98 valence electrons. The molecule has 1 amide bonds. The molecule has 0 spiro atoms. The van der Waals surface area contributed by atoms with E-state index in [0.717, 1.165) is 12.8 Å². The lowest BCUT2D eigenvalue weighted by atomic mass is 10.2. The predicted molar refractivity (Wildman–Crippen MR) is 75.9 cm³/mol. The number of thiophene rings is 1. The molecule has 0 saturated heterocycles. The van der Waals surface area contributed by atoms with Crippen molar-refractivity contribution in [1.29, 1.82) is 0 Å². The van der Waals surface area contributed by atoms with Crippen molar-refractivity contribution >= 4 is 22.9 Å². The maximum atomic E-state index is 12.6. The van der Waals surface area contributed by atoms with Crippen LogP contribution in [-0.2, 0) is 6.54 Å². The lowest BCUT2D eigenvalue weighted by molar-refractivity contribution is 0.0732. The van der Waals surface area contributed by atoms with E-state index in [4.69, 9.17) is 5.73 Å². The Kier molecular flexibility index (Phi) is 3.21. The number of carbonyl (C=O) groups is 1. The Balaban J connectivity index is 1.84. The summed E-state index contributed by atoms with van der Waals surface area (Å²) in [6.07, 6.45) is 5.32. The van der Waals surface area contributed by atoms with Crippen LogP contribution in [0.3, 0.4) is 0 Å². The molecule has 0 atom stereocenters. The van der Waals surface area contributed by atoms with Crippen molar-refractivity contribution in [2.45, 2.75) is 25.4 Å². The number of hydrogen-bond donors (Lipinski definition) is 1. The fourth-order valence-electron chi connectivity index (χ4n) is 2.06. The summed E-state index contributed by atoms with van der Waals surface area (Å²) in [5.74, 6) is -0.0125. The third-order valence-electron chi connectivity index (χ3n) is 3.24. The smallest absolute Gasteiger partial charge is 0.258 e. The van der Waals surface area contributed by atoms with Crippen molar-refractivity contribution in [3.05, 3.63) is 46.4 Å². The number of carbonyl (C=O) groups excluding carboxylic acids is 1. The molecule has 2 N–H and O–H groups in total. The molecule has 2 aromatic rings. The molecule has 19 heavy (non-hydrogen) atoms. The Morgan fingerprint density at radius 2 is 2.32 bits per heavy atom. The molecule has 0 aliphatic heterocycles. The Morgan fingerprint density at radius 1 is 1.47 bits per heavy atom. The van der Waals surface area contributed by atoms with Gasteiger partial charge in [-0.1, -0.05) is 6.07 Å². The SMILES string of the molecule is Nc1ccncc1C(=O)N(Cc1cccs1)C1CC1. The fraction of sp³-hybridized carbons (Fsp3) is 0.286.